The van der Waals surface area contributed by atoms with Gasteiger partial charge in [0.05, 0.1) is 12.2 Å². The number of carbonyl (C=O) groups is 2. The number of amides is 2. The van der Waals surface area contributed by atoms with Crippen molar-refractivity contribution in [2.24, 2.45) is 0 Å². The number of rotatable bonds is 5. The summed E-state index contributed by atoms with van der Waals surface area (Å²) in [5.41, 5.74) is 0.411. The highest BCUT2D eigenvalue weighted by molar-refractivity contribution is 5.99. The normalized spacial score (nSPS) is 19.8. The van der Waals surface area contributed by atoms with E-state index < -0.39 is 5.43 Å². The lowest BCUT2D eigenvalue weighted by Gasteiger charge is -2.33. The van der Waals surface area contributed by atoms with Crippen molar-refractivity contribution in [2.75, 3.05) is 6.54 Å². The van der Waals surface area contributed by atoms with Crippen LogP contribution in [0, 0.1) is 0 Å². The fourth-order valence-corrected chi connectivity index (χ4v) is 5.13. The van der Waals surface area contributed by atoms with E-state index in [1.807, 2.05) is 25.1 Å². The van der Waals surface area contributed by atoms with Crippen molar-refractivity contribution in [3.63, 3.8) is 0 Å². The monoisotopic (exact) mass is 464 g/mol. The van der Waals surface area contributed by atoms with Crippen molar-refractivity contribution in [3.05, 3.63) is 63.8 Å². The van der Waals surface area contributed by atoms with Crippen LogP contribution in [0.3, 0.4) is 0 Å². The predicted molar refractivity (Wildman–Crippen MR) is 132 cm³/mol. The van der Waals surface area contributed by atoms with E-state index in [0.717, 1.165) is 50.6 Å². The van der Waals surface area contributed by atoms with E-state index in [2.05, 4.69) is 10.3 Å². The van der Waals surface area contributed by atoms with Crippen LogP contribution in [0.15, 0.2) is 41.6 Å². The summed E-state index contributed by atoms with van der Waals surface area (Å²) in [6.45, 7) is 3.04. The van der Waals surface area contributed by atoms with Gasteiger partial charge in [-0.1, -0.05) is 38.2 Å². The molecule has 7 nitrogen and oxygen atoms in total. The molecule has 34 heavy (non-hydrogen) atoms. The van der Waals surface area contributed by atoms with Gasteiger partial charge in [-0.25, -0.2) is 0 Å². The maximum atomic E-state index is 13.4. The van der Waals surface area contributed by atoms with Gasteiger partial charge in [-0.05, 0) is 51.2 Å². The SMILES string of the molecule is CC1CCCCN1C(=O)c1cn(Cc2ccccn2)cc(C(=O)NC2CCCCCCC2)c1=O. The molecule has 1 aliphatic carbocycles. The molecule has 1 saturated carbocycles. The summed E-state index contributed by atoms with van der Waals surface area (Å²) in [5.74, 6) is -0.667. The number of aromatic nitrogens is 2. The highest BCUT2D eigenvalue weighted by Gasteiger charge is 2.28. The Morgan fingerprint density at radius 1 is 0.971 bits per heavy atom. The highest BCUT2D eigenvalue weighted by Crippen LogP contribution is 2.20. The fraction of sp³-hybridized carbons (Fsp3) is 0.556. The van der Waals surface area contributed by atoms with E-state index in [0.29, 0.717) is 13.1 Å². The standard InChI is InChI=1S/C27H36N4O3/c1-20-11-8-10-16-31(20)27(34)24-19-30(17-22-14-7-9-15-28-22)18-23(25(24)32)26(33)29-21-12-5-3-2-4-6-13-21/h7,9,14-15,18-21H,2-6,8,10-13,16-17H2,1H3,(H,29,33). The van der Waals surface area contributed by atoms with Crippen LogP contribution in [0.2, 0.25) is 0 Å². The van der Waals surface area contributed by atoms with E-state index >= 15 is 0 Å². The number of hydrogen-bond donors (Lipinski definition) is 1. The van der Waals surface area contributed by atoms with Crippen molar-refractivity contribution in [3.8, 4) is 0 Å². The van der Waals surface area contributed by atoms with Crippen LogP contribution in [0.25, 0.3) is 0 Å². The van der Waals surface area contributed by atoms with Crippen LogP contribution in [0.4, 0.5) is 0 Å². The molecule has 4 rings (SSSR count). The third-order valence-corrected chi connectivity index (χ3v) is 7.13. The molecule has 2 fully saturated rings. The van der Waals surface area contributed by atoms with Crippen LogP contribution in [0.1, 0.15) is 97.5 Å². The molecular formula is C27H36N4O3. The molecule has 2 amide bonds. The van der Waals surface area contributed by atoms with Crippen LogP contribution in [-0.4, -0.2) is 44.9 Å². The minimum absolute atomic E-state index is 0.0357. The molecule has 0 bridgehead atoms. The molecule has 3 heterocycles. The zero-order valence-corrected chi connectivity index (χ0v) is 20.2. The quantitative estimate of drug-likeness (QED) is 0.721. The molecule has 1 N–H and O–H groups in total. The van der Waals surface area contributed by atoms with Gasteiger partial charge < -0.3 is 14.8 Å². The Balaban J connectivity index is 1.65. The Labute approximate surface area is 201 Å². The number of piperidine rings is 1. The first-order valence-electron chi connectivity index (χ1n) is 12.8. The van der Waals surface area contributed by atoms with Gasteiger partial charge in [0, 0.05) is 37.2 Å². The summed E-state index contributed by atoms with van der Waals surface area (Å²) in [7, 11) is 0. The average Bonchev–Trinajstić information content (AvgIpc) is 2.82. The number of nitrogens with one attached hydrogen (secondary N) is 1. The Kier molecular flexibility index (Phi) is 8.14. The third kappa shape index (κ3) is 5.93. The fourth-order valence-electron chi connectivity index (χ4n) is 5.13. The molecule has 2 aliphatic rings. The molecule has 182 valence electrons. The molecule has 1 aliphatic heterocycles. The van der Waals surface area contributed by atoms with Gasteiger partial charge in [0.1, 0.15) is 11.1 Å². The molecule has 1 unspecified atom stereocenters. The van der Waals surface area contributed by atoms with Gasteiger partial charge in [0.15, 0.2) is 0 Å². The van der Waals surface area contributed by atoms with Crippen LogP contribution in [0.5, 0.6) is 0 Å². The molecule has 2 aromatic rings. The number of pyridine rings is 2. The summed E-state index contributed by atoms with van der Waals surface area (Å²) >= 11 is 0. The molecule has 0 aromatic carbocycles. The lowest BCUT2D eigenvalue weighted by Crippen LogP contribution is -2.45. The third-order valence-electron chi connectivity index (χ3n) is 7.13. The van der Waals surface area contributed by atoms with E-state index in [1.54, 1.807) is 28.1 Å². The molecule has 1 atom stereocenters. The smallest absolute Gasteiger partial charge is 0.259 e. The van der Waals surface area contributed by atoms with E-state index in [1.165, 1.54) is 19.3 Å². The first kappa shape index (κ1) is 24.2. The van der Waals surface area contributed by atoms with E-state index in [-0.39, 0.29) is 35.0 Å². The van der Waals surface area contributed by atoms with Crippen molar-refractivity contribution in [2.45, 2.75) is 89.8 Å². The van der Waals surface area contributed by atoms with Crippen LogP contribution < -0.4 is 10.7 Å². The second-order valence-corrected chi connectivity index (χ2v) is 9.77. The van der Waals surface area contributed by atoms with Gasteiger partial charge in [-0.3, -0.25) is 19.4 Å². The van der Waals surface area contributed by atoms with Gasteiger partial charge in [-0.15, -0.1) is 0 Å². The van der Waals surface area contributed by atoms with Crippen molar-refractivity contribution in [1.29, 1.82) is 0 Å². The largest absolute Gasteiger partial charge is 0.349 e. The zero-order valence-electron chi connectivity index (χ0n) is 20.2. The number of carbonyl (C=O) groups excluding carboxylic acids is 2. The lowest BCUT2D eigenvalue weighted by molar-refractivity contribution is 0.0633. The molecular weight excluding hydrogens is 428 g/mol. The van der Waals surface area contributed by atoms with Crippen molar-refractivity contribution < 1.29 is 9.59 Å². The van der Waals surface area contributed by atoms with Crippen LogP contribution >= 0.6 is 0 Å². The lowest BCUT2D eigenvalue weighted by atomic mass is 9.96. The maximum Gasteiger partial charge on any atom is 0.259 e. The van der Waals surface area contributed by atoms with Gasteiger partial charge in [-0.2, -0.15) is 0 Å². The number of likely N-dealkylation sites (tertiary alicyclic amines) is 1. The number of hydrogen-bond acceptors (Lipinski definition) is 4. The Bertz CT molecular complexity index is 1040. The van der Waals surface area contributed by atoms with Crippen molar-refractivity contribution >= 4 is 11.8 Å². The predicted octanol–water partition coefficient (Wildman–Crippen LogP) is 4.15. The van der Waals surface area contributed by atoms with E-state index in [9.17, 15) is 14.4 Å². The first-order valence-corrected chi connectivity index (χ1v) is 12.8. The summed E-state index contributed by atoms with van der Waals surface area (Å²) in [6, 6.07) is 5.78. The van der Waals surface area contributed by atoms with Gasteiger partial charge in [0.2, 0.25) is 5.43 Å². The maximum absolute atomic E-state index is 13.4. The molecule has 7 heteroatoms. The minimum atomic E-state index is -0.483. The highest BCUT2D eigenvalue weighted by atomic mass is 16.2. The first-order chi connectivity index (χ1) is 16.5. The summed E-state index contributed by atoms with van der Waals surface area (Å²) in [4.78, 5) is 46.3. The van der Waals surface area contributed by atoms with Gasteiger partial charge in [0.25, 0.3) is 11.8 Å². The zero-order chi connectivity index (χ0) is 23.9. The van der Waals surface area contributed by atoms with E-state index in [4.69, 9.17) is 0 Å². The molecule has 1 saturated heterocycles. The Hall–Kier alpha value is -2.96. The molecule has 0 spiro atoms. The number of nitrogens with zero attached hydrogens (tertiary/aromatic N) is 3. The molecule has 2 aromatic heterocycles. The second-order valence-electron chi connectivity index (χ2n) is 9.77. The summed E-state index contributed by atoms with van der Waals surface area (Å²) in [5, 5.41) is 3.10. The molecule has 0 radical (unpaired) electrons. The second kappa shape index (κ2) is 11.4. The Morgan fingerprint density at radius 2 is 1.68 bits per heavy atom. The summed E-state index contributed by atoms with van der Waals surface area (Å²) < 4.78 is 1.75. The van der Waals surface area contributed by atoms with Crippen LogP contribution in [-0.2, 0) is 6.54 Å². The Morgan fingerprint density at radius 3 is 2.38 bits per heavy atom. The summed E-state index contributed by atoms with van der Waals surface area (Å²) in [6.07, 6.45) is 15.4. The van der Waals surface area contributed by atoms with Crippen molar-refractivity contribution in [1.82, 2.24) is 19.8 Å². The topological polar surface area (TPSA) is 84.3 Å². The minimum Gasteiger partial charge on any atom is -0.349 e. The van der Waals surface area contributed by atoms with Gasteiger partial charge >= 0.3 is 0 Å². The average molecular weight is 465 g/mol.